The summed E-state index contributed by atoms with van der Waals surface area (Å²) in [4.78, 5) is 24.6. The van der Waals surface area contributed by atoms with Gasteiger partial charge in [-0.3, -0.25) is 4.79 Å². The van der Waals surface area contributed by atoms with Gasteiger partial charge in [-0.2, -0.15) is 8.78 Å². The number of carbonyl (C=O) groups excluding carboxylic acids is 2. The molecule has 0 amide bonds. The number of rotatable bonds is 8. The Bertz CT molecular complexity index is 838. The lowest BCUT2D eigenvalue weighted by Crippen LogP contribution is -2.56. The van der Waals surface area contributed by atoms with E-state index in [9.17, 15) is 18.4 Å². The molecule has 35 heavy (non-hydrogen) atoms. The van der Waals surface area contributed by atoms with Gasteiger partial charge in [0.05, 0.1) is 13.0 Å². The first-order valence-electron chi connectivity index (χ1n) is 13.9. The van der Waals surface area contributed by atoms with Crippen LogP contribution in [0.1, 0.15) is 84.5 Å². The third kappa shape index (κ3) is 4.31. The van der Waals surface area contributed by atoms with Gasteiger partial charge in [0.25, 0.3) is 0 Å². The van der Waals surface area contributed by atoms with E-state index in [0.29, 0.717) is 31.8 Å². The van der Waals surface area contributed by atoms with Gasteiger partial charge in [-0.15, -0.1) is 0 Å². The van der Waals surface area contributed by atoms with Crippen molar-refractivity contribution < 1.29 is 32.6 Å². The maximum absolute atomic E-state index is 13.4. The molecule has 196 valence electrons. The zero-order chi connectivity index (χ0) is 24.6. The lowest BCUT2D eigenvalue weighted by atomic mass is 9.46. The molecule has 8 bridgehead atoms. The van der Waals surface area contributed by atoms with Crippen molar-refractivity contribution in [3.63, 3.8) is 0 Å². The second-order valence-corrected chi connectivity index (χ2v) is 13.6. The summed E-state index contributed by atoms with van der Waals surface area (Å²) in [5.41, 5.74) is 0.114. The summed E-state index contributed by atoms with van der Waals surface area (Å²) in [5.74, 6) is -1.26. The predicted molar refractivity (Wildman–Crippen MR) is 123 cm³/mol. The van der Waals surface area contributed by atoms with E-state index in [-0.39, 0.29) is 35.4 Å². The summed E-state index contributed by atoms with van der Waals surface area (Å²) in [6.45, 7) is 3.70. The molecule has 0 aromatic rings. The average molecular weight is 495 g/mol. The lowest BCUT2D eigenvalue weighted by molar-refractivity contribution is -0.205. The summed E-state index contributed by atoms with van der Waals surface area (Å²) in [6.07, 6.45) is 10.9. The SMILES string of the molecule is CC1C2CC3CC(C2)CC1(COCOC(=O)CC12CC4CC(C1)C(OC(=O)C(C)(F)F)C(C4)C2)C3. The first-order valence-corrected chi connectivity index (χ1v) is 13.9. The fourth-order valence-corrected chi connectivity index (χ4v) is 10.2. The topological polar surface area (TPSA) is 61.8 Å². The molecule has 0 aliphatic heterocycles. The van der Waals surface area contributed by atoms with E-state index in [1.54, 1.807) is 0 Å². The summed E-state index contributed by atoms with van der Waals surface area (Å²) >= 11 is 0. The fourth-order valence-electron chi connectivity index (χ4n) is 10.2. The van der Waals surface area contributed by atoms with Crippen LogP contribution in [-0.2, 0) is 23.8 Å². The smallest absolute Gasteiger partial charge is 0.376 e. The monoisotopic (exact) mass is 494 g/mol. The minimum absolute atomic E-state index is 0.0193. The van der Waals surface area contributed by atoms with Gasteiger partial charge in [0.1, 0.15) is 6.10 Å². The van der Waals surface area contributed by atoms with Crippen LogP contribution in [0.4, 0.5) is 8.78 Å². The van der Waals surface area contributed by atoms with Crippen molar-refractivity contribution in [2.24, 2.45) is 52.3 Å². The molecule has 8 aliphatic rings. The lowest BCUT2D eigenvalue weighted by Gasteiger charge is -2.60. The highest BCUT2D eigenvalue weighted by molar-refractivity contribution is 5.77. The van der Waals surface area contributed by atoms with Crippen LogP contribution in [0.3, 0.4) is 0 Å². The Hall–Kier alpha value is -1.24. The van der Waals surface area contributed by atoms with Gasteiger partial charge in [-0.05, 0) is 116 Å². The van der Waals surface area contributed by atoms with Gasteiger partial charge in [0, 0.05) is 6.92 Å². The van der Waals surface area contributed by atoms with Crippen molar-refractivity contribution in [3.8, 4) is 0 Å². The van der Waals surface area contributed by atoms with Crippen LogP contribution in [0.5, 0.6) is 0 Å². The van der Waals surface area contributed by atoms with Crippen molar-refractivity contribution >= 4 is 11.9 Å². The minimum atomic E-state index is -3.47. The summed E-state index contributed by atoms with van der Waals surface area (Å²) < 4.78 is 43.7. The molecule has 5 atom stereocenters. The van der Waals surface area contributed by atoms with E-state index in [4.69, 9.17) is 14.2 Å². The molecule has 8 rings (SSSR count). The number of halogens is 2. The summed E-state index contributed by atoms with van der Waals surface area (Å²) in [6, 6.07) is 0. The van der Waals surface area contributed by atoms with Gasteiger partial charge >= 0.3 is 17.9 Å². The fraction of sp³-hybridized carbons (Fsp3) is 0.929. The van der Waals surface area contributed by atoms with Crippen molar-refractivity contribution in [2.75, 3.05) is 13.4 Å². The van der Waals surface area contributed by atoms with Crippen LogP contribution < -0.4 is 0 Å². The zero-order valence-corrected chi connectivity index (χ0v) is 21.1. The Labute approximate surface area is 207 Å². The number of esters is 2. The quantitative estimate of drug-likeness (QED) is 0.244. The Morgan fingerprint density at radius 1 is 0.886 bits per heavy atom. The summed E-state index contributed by atoms with van der Waals surface area (Å²) in [7, 11) is 0. The molecular weight excluding hydrogens is 454 g/mol. The first-order chi connectivity index (χ1) is 16.5. The highest BCUT2D eigenvalue weighted by Crippen LogP contribution is 2.63. The van der Waals surface area contributed by atoms with E-state index in [0.717, 1.165) is 49.9 Å². The maximum atomic E-state index is 13.4. The van der Waals surface area contributed by atoms with Crippen LogP contribution in [0, 0.1) is 52.3 Å². The normalized spacial score (nSPS) is 47.2. The van der Waals surface area contributed by atoms with Crippen LogP contribution in [0.2, 0.25) is 0 Å². The van der Waals surface area contributed by atoms with Crippen molar-refractivity contribution in [1.29, 1.82) is 0 Å². The summed E-state index contributed by atoms with van der Waals surface area (Å²) in [5, 5.41) is 0. The molecule has 5 unspecified atom stereocenters. The molecular formula is C28H40F2O5. The van der Waals surface area contributed by atoms with Crippen molar-refractivity contribution in [2.45, 2.75) is 96.5 Å². The van der Waals surface area contributed by atoms with Crippen LogP contribution in [-0.4, -0.2) is 37.4 Å². The van der Waals surface area contributed by atoms with Crippen LogP contribution >= 0.6 is 0 Å². The molecule has 0 aromatic carbocycles. The number of hydrogen-bond acceptors (Lipinski definition) is 5. The zero-order valence-electron chi connectivity index (χ0n) is 21.1. The molecule has 0 N–H and O–H groups in total. The van der Waals surface area contributed by atoms with Crippen molar-refractivity contribution in [1.82, 2.24) is 0 Å². The maximum Gasteiger partial charge on any atom is 0.376 e. The van der Waals surface area contributed by atoms with E-state index in [1.807, 2.05) is 0 Å². The van der Waals surface area contributed by atoms with E-state index < -0.39 is 18.0 Å². The molecule has 0 heterocycles. The molecule has 0 saturated heterocycles. The van der Waals surface area contributed by atoms with Gasteiger partial charge in [-0.1, -0.05) is 6.92 Å². The predicted octanol–water partition coefficient (Wildman–Crippen LogP) is 5.75. The van der Waals surface area contributed by atoms with Crippen molar-refractivity contribution in [3.05, 3.63) is 0 Å². The molecule has 8 aliphatic carbocycles. The van der Waals surface area contributed by atoms with Gasteiger partial charge in [-0.25, -0.2) is 4.79 Å². The first kappa shape index (κ1) is 24.1. The molecule has 8 fully saturated rings. The van der Waals surface area contributed by atoms with E-state index in [2.05, 4.69) is 6.92 Å². The Morgan fingerprint density at radius 3 is 2.11 bits per heavy atom. The number of hydrogen-bond donors (Lipinski definition) is 0. The molecule has 0 aromatic heterocycles. The number of ether oxygens (including phenoxy) is 3. The Morgan fingerprint density at radius 2 is 1.49 bits per heavy atom. The third-order valence-corrected chi connectivity index (χ3v) is 11.1. The third-order valence-electron chi connectivity index (χ3n) is 11.1. The highest BCUT2D eigenvalue weighted by Gasteiger charge is 2.58. The second kappa shape index (κ2) is 8.39. The van der Waals surface area contributed by atoms with Crippen LogP contribution in [0.25, 0.3) is 0 Å². The number of carbonyl (C=O) groups is 2. The molecule has 0 radical (unpaired) electrons. The Kier molecular flexibility index (Phi) is 5.78. The molecule has 8 saturated carbocycles. The minimum Gasteiger partial charge on any atom is -0.457 e. The van der Waals surface area contributed by atoms with Gasteiger partial charge < -0.3 is 14.2 Å². The highest BCUT2D eigenvalue weighted by atomic mass is 19.3. The number of alkyl halides is 2. The standard InChI is InChI=1S/C28H40F2O5/c1-16-20-4-17-3-18(5-20)10-28(16,9-17)14-33-15-34-23(31)13-27-8-19-6-21(11-27)24(22(7-19)12-27)35-25(32)26(2,29)30/h16-22,24H,3-15H2,1-2H3. The van der Waals surface area contributed by atoms with E-state index in [1.165, 1.54) is 32.1 Å². The van der Waals surface area contributed by atoms with Gasteiger partial charge in [0.2, 0.25) is 0 Å². The molecule has 7 heteroatoms. The van der Waals surface area contributed by atoms with E-state index >= 15 is 0 Å². The second-order valence-electron chi connectivity index (χ2n) is 13.6. The van der Waals surface area contributed by atoms with Gasteiger partial charge in [0.15, 0.2) is 6.79 Å². The molecule has 0 spiro atoms. The Balaban J connectivity index is 1.000. The largest absolute Gasteiger partial charge is 0.457 e. The van der Waals surface area contributed by atoms with Crippen LogP contribution in [0.15, 0.2) is 0 Å². The molecule has 5 nitrogen and oxygen atoms in total. The average Bonchev–Trinajstić information content (AvgIpc) is 2.75.